The van der Waals surface area contributed by atoms with Gasteiger partial charge < -0.3 is 48.1 Å². The minimum Gasteiger partial charge on any atom is -0.460 e. The van der Waals surface area contributed by atoms with Gasteiger partial charge in [0.1, 0.15) is 24.1 Å². The average molecular weight is 992 g/mol. The van der Waals surface area contributed by atoms with Crippen molar-refractivity contribution in [3.8, 4) is 0 Å². The van der Waals surface area contributed by atoms with Crippen LogP contribution in [0.3, 0.4) is 0 Å². The lowest BCUT2D eigenvalue weighted by molar-refractivity contribution is -0.266. The lowest BCUT2D eigenvalue weighted by atomic mass is 9.78. The molecule has 16 nitrogen and oxygen atoms in total. The largest absolute Gasteiger partial charge is 0.460 e. The molecule has 0 aromatic heterocycles. The number of hydrogen-bond acceptors (Lipinski definition) is 15. The number of hydrogen-bond donors (Lipinski definition) is 2. The van der Waals surface area contributed by atoms with Crippen LogP contribution in [0.4, 0.5) is 0 Å². The van der Waals surface area contributed by atoms with Gasteiger partial charge in [-0.05, 0) is 87.7 Å². The van der Waals surface area contributed by atoms with Crippen LogP contribution < -0.4 is 0 Å². The number of ketones is 3. The highest BCUT2D eigenvalue weighted by Gasteiger charge is 2.53. The number of amides is 1. The second kappa shape index (κ2) is 26.5. The molecule has 15 atom stereocenters. The van der Waals surface area contributed by atoms with Gasteiger partial charge in [-0.25, -0.2) is 4.79 Å². The van der Waals surface area contributed by atoms with Crippen molar-refractivity contribution in [2.24, 2.45) is 35.5 Å². The standard InChI is InChI=1S/C52H82NO15P/c1-31-16-14-13-15-17-32(2)43(62-8)28-39-20-18-37(7)52(60,67-39)49(57)50(58)53-22-23-65-30-40(53)51(59)66-44(34(4)26-38-19-21-42(45(27-38)63-9)68-69(11,12)61)29-41(54)33(3)25-36(6)47(56)48(64-10)46(55)35(5)24-31/h13-17,25,31,33-35,37-40,42-45,47-48,56,60H,18-24,26-30H2,1-12H3/b15-13+,16-14+,32-17+,36-25+/t31-,33-,34-,35-,37-,38+,39+,40+,42-,43+,44+,45-,47-,48+,52-/m1/s1. The van der Waals surface area contributed by atoms with E-state index in [9.17, 15) is 38.8 Å². The third-order valence-electron chi connectivity index (χ3n) is 14.5. The molecule has 0 aromatic rings. The monoisotopic (exact) mass is 992 g/mol. The van der Waals surface area contributed by atoms with E-state index in [-0.39, 0.29) is 61.8 Å². The number of rotatable bonds is 8. The molecule has 3 aliphatic heterocycles. The Morgan fingerprint density at radius 3 is 2.25 bits per heavy atom. The normalized spacial score (nSPS) is 39.0. The lowest BCUT2D eigenvalue weighted by Gasteiger charge is -2.42. The van der Waals surface area contributed by atoms with Crippen molar-refractivity contribution >= 4 is 36.6 Å². The molecule has 1 aliphatic carbocycles. The number of methoxy groups -OCH3 is 3. The number of morpholine rings is 1. The number of cyclic esters (lactones) is 1. The summed E-state index contributed by atoms with van der Waals surface area (Å²) in [6, 6.07) is -1.38. The van der Waals surface area contributed by atoms with Crippen LogP contribution >= 0.6 is 7.37 Å². The Labute approximate surface area is 410 Å². The number of aliphatic hydroxyl groups is 2. The summed E-state index contributed by atoms with van der Waals surface area (Å²) >= 11 is 0. The zero-order chi connectivity index (χ0) is 51.4. The van der Waals surface area contributed by atoms with Gasteiger partial charge in [-0.2, -0.15) is 0 Å². The van der Waals surface area contributed by atoms with Crippen molar-refractivity contribution in [2.45, 2.75) is 161 Å². The third kappa shape index (κ3) is 16.2. The molecule has 4 rings (SSSR count). The molecule has 69 heavy (non-hydrogen) atoms. The zero-order valence-corrected chi connectivity index (χ0v) is 44.0. The van der Waals surface area contributed by atoms with Gasteiger partial charge in [0.15, 0.2) is 19.2 Å². The van der Waals surface area contributed by atoms with Crippen molar-refractivity contribution in [2.75, 3.05) is 54.4 Å². The van der Waals surface area contributed by atoms with Crippen LogP contribution in [0.5, 0.6) is 0 Å². The van der Waals surface area contributed by atoms with Crippen LogP contribution in [-0.4, -0.2) is 153 Å². The van der Waals surface area contributed by atoms with Crippen molar-refractivity contribution < 1.29 is 71.7 Å². The van der Waals surface area contributed by atoms with Crippen molar-refractivity contribution in [1.82, 2.24) is 4.90 Å². The average Bonchev–Trinajstić information content (AvgIpc) is 3.30. The number of esters is 1. The van der Waals surface area contributed by atoms with E-state index in [1.54, 1.807) is 61.3 Å². The highest BCUT2D eigenvalue weighted by atomic mass is 31.2. The number of nitrogens with zero attached hydrogens (tertiary/aromatic N) is 1. The molecule has 1 amide bonds. The first kappa shape index (κ1) is 58.4. The maximum atomic E-state index is 14.4. The smallest absolute Gasteiger partial charge is 0.331 e. The highest BCUT2D eigenvalue weighted by Crippen LogP contribution is 2.44. The minimum atomic E-state index is -2.80. The molecular formula is C52H82NO15P. The predicted molar refractivity (Wildman–Crippen MR) is 260 cm³/mol. The molecule has 2 N–H and O–H groups in total. The summed E-state index contributed by atoms with van der Waals surface area (Å²) < 4.78 is 53.7. The number of Topliss-reactive ketones (excluding diaryl/α,β-unsaturated/α-hetero) is 3. The Kier molecular flexibility index (Phi) is 22.4. The molecule has 0 aromatic carbocycles. The molecule has 3 heterocycles. The topological polar surface area (TPSA) is 211 Å². The molecule has 0 spiro atoms. The molecule has 2 saturated heterocycles. The van der Waals surface area contributed by atoms with Crippen molar-refractivity contribution in [1.29, 1.82) is 0 Å². The van der Waals surface area contributed by atoms with Gasteiger partial charge in [-0.15, -0.1) is 0 Å². The van der Waals surface area contributed by atoms with E-state index in [0.717, 1.165) is 10.5 Å². The summed E-state index contributed by atoms with van der Waals surface area (Å²) in [6.45, 7) is 15.3. The van der Waals surface area contributed by atoms with Gasteiger partial charge in [0.05, 0.1) is 37.6 Å². The summed E-state index contributed by atoms with van der Waals surface area (Å²) in [7, 11) is 1.72. The van der Waals surface area contributed by atoms with E-state index in [1.165, 1.54) is 7.11 Å². The first-order valence-corrected chi connectivity index (χ1v) is 27.3. The second-order valence-electron chi connectivity index (χ2n) is 20.5. The molecule has 0 unspecified atom stereocenters. The molecule has 17 heteroatoms. The van der Waals surface area contributed by atoms with Crippen LogP contribution in [0.25, 0.3) is 0 Å². The van der Waals surface area contributed by atoms with Gasteiger partial charge >= 0.3 is 5.97 Å². The van der Waals surface area contributed by atoms with Crippen LogP contribution in [0.15, 0.2) is 47.6 Å². The fourth-order valence-electron chi connectivity index (χ4n) is 10.2. The van der Waals surface area contributed by atoms with Crippen molar-refractivity contribution in [3.05, 3.63) is 47.6 Å². The van der Waals surface area contributed by atoms with E-state index in [1.807, 2.05) is 51.2 Å². The second-order valence-corrected chi connectivity index (χ2v) is 23.2. The Hall–Kier alpha value is -3.18. The minimum absolute atomic E-state index is 0.00476. The number of allylic oxidation sites excluding steroid dienone is 6. The Balaban J connectivity index is 1.70. The molecule has 3 fully saturated rings. The van der Waals surface area contributed by atoms with Crippen LogP contribution in [0.1, 0.15) is 106 Å². The van der Waals surface area contributed by atoms with E-state index in [0.29, 0.717) is 56.9 Å². The van der Waals surface area contributed by atoms with Crippen LogP contribution in [0, 0.1) is 35.5 Å². The Bertz CT molecular complexity index is 1940. The predicted octanol–water partition coefficient (Wildman–Crippen LogP) is 6.59. The summed E-state index contributed by atoms with van der Waals surface area (Å²) in [6.07, 6.45) is 9.64. The highest BCUT2D eigenvalue weighted by molar-refractivity contribution is 7.57. The fourth-order valence-corrected chi connectivity index (χ4v) is 11.1. The van der Waals surface area contributed by atoms with E-state index >= 15 is 0 Å². The zero-order valence-electron chi connectivity index (χ0n) is 43.1. The van der Waals surface area contributed by atoms with Gasteiger partial charge in [0.25, 0.3) is 11.7 Å². The third-order valence-corrected chi connectivity index (χ3v) is 15.2. The number of carbonyl (C=O) groups excluding carboxylic acids is 5. The number of fused-ring (bicyclic) bond motifs is 3. The van der Waals surface area contributed by atoms with Crippen LogP contribution in [0.2, 0.25) is 0 Å². The SMILES string of the molecule is CO[C@H]1C[C@@H]2CC[C@@H](C)[C@@](O)(O2)C(=O)C(=O)N2CCOC[C@H]2C(=O)O[C@H]([C@H](C)C[C@@H]2CC[C@@H](OP(C)(C)=O)[C@H](OC)C2)CC(=O)[C@H](C)/C=C(\C)[C@@H](O)[C@@H](OC)C(=O)[C@H](C)C[C@H](C)/C=C/C=C/C=C/1C. The summed E-state index contributed by atoms with van der Waals surface area (Å²) in [5, 5.41) is 23.4. The molecule has 390 valence electrons. The Morgan fingerprint density at radius 1 is 0.884 bits per heavy atom. The molecular weight excluding hydrogens is 910 g/mol. The first-order chi connectivity index (χ1) is 32.4. The van der Waals surface area contributed by atoms with Gasteiger partial charge in [0, 0.05) is 71.8 Å². The molecule has 4 aliphatic rings. The first-order valence-electron chi connectivity index (χ1n) is 24.7. The molecule has 1 saturated carbocycles. The maximum absolute atomic E-state index is 14.4. The van der Waals surface area contributed by atoms with E-state index < -0.39 is 91.0 Å². The quantitative estimate of drug-likeness (QED) is 0.114. The number of carbonyl (C=O) groups is 5. The van der Waals surface area contributed by atoms with Gasteiger partial charge in [-0.1, -0.05) is 71.1 Å². The molecule has 2 bridgehead atoms. The van der Waals surface area contributed by atoms with Crippen molar-refractivity contribution in [3.63, 3.8) is 0 Å². The van der Waals surface area contributed by atoms with E-state index in [4.69, 9.17) is 32.9 Å². The van der Waals surface area contributed by atoms with Gasteiger partial charge in [0.2, 0.25) is 5.79 Å². The number of aliphatic hydroxyl groups excluding tert-OH is 1. The van der Waals surface area contributed by atoms with E-state index in [2.05, 4.69) is 0 Å². The summed E-state index contributed by atoms with van der Waals surface area (Å²) in [4.78, 5) is 71.9. The fraction of sp³-hybridized carbons (Fsp3) is 0.750. The number of ether oxygens (including phenoxy) is 6. The van der Waals surface area contributed by atoms with Crippen LogP contribution in [-0.2, 0) is 61.5 Å². The molecule has 0 radical (unpaired) electrons. The van der Waals surface area contributed by atoms with Gasteiger partial charge in [-0.3, -0.25) is 23.7 Å². The lowest BCUT2D eigenvalue weighted by Crippen LogP contribution is -2.62. The summed E-state index contributed by atoms with van der Waals surface area (Å²) in [5.74, 6) is -8.59. The summed E-state index contributed by atoms with van der Waals surface area (Å²) in [5.41, 5.74) is 1.22. The maximum Gasteiger partial charge on any atom is 0.331 e. The Morgan fingerprint density at radius 2 is 1.59 bits per heavy atom.